The lowest BCUT2D eigenvalue weighted by molar-refractivity contribution is 0.325. The molecular formula is C7H11N3O. The van der Waals surface area contributed by atoms with Crippen LogP contribution in [0.5, 0.6) is 5.75 Å². The minimum absolute atomic E-state index is 0.506. The summed E-state index contributed by atoms with van der Waals surface area (Å²) in [5.41, 5.74) is 5.24. The fourth-order valence-corrected chi connectivity index (χ4v) is 0.632. The molecule has 0 spiro atoms. The first-order valence-electron chi connectivity index (χ1n) is 3.44. The highest BCUT2D eigenvalue weighted by atomic mass is 16.5. The Kier molecular flexibility index (Phi) is 2.80. The van der Waals surface area contributed by atoms with E-state index in [4.69, 9.17) is 10.5 Å². The normalized spacial score (nSPS) is 9.64. The molecular weight excluding hydrogens is 142 g/mol. The van der Waals surface area contributed by atoms with E-state index in [2.05, 4.69) is 9.97 Å². The van der Waals surface area contributed by atoms with Crippen molar-refractivity contribution in [2.75, 3.05) is 13.2 Å². The summed E-state index contributed by atoms with van der Waals surface area (Å²) in [6.45, 7) is 2.84. The predicted molar refractivity (Wildman–Crippen MR) is 41.3 cm³/mol. The van der Waals surface area contributed by atoms with Crippen molar-refractivity contribution in [1.29, 1.82) is 0 Å². The summed E-state index contributed by atoms with van der Waals surface area (Å²) in [6, 6.07) is 0. The third-order valence-electron chi connectivity index (χ3n) is 1.14. The van der Waals surface area contributed by atoms with E-state index in [0.29, 0.717) is 18.9 Å². The van der Waals surface area contributed by atoms with Gasteiger partial charge in [0, 0.05) is 6.54 Å². The molecule has 0 aliphatic carbocycles. The summed E-state index contributed by atoms with van der Waals surface area (Å²) in [7, 11) is 0. The zero-order valence-electron chi connectivity index (χ0n) is 6.45. The maximum atomic E-state index is 5.24. The van der Waals surface area contributed by atoms with Gasteiger partial charge in [0.05, 0.1) is 12.4 Å². The second kappa shape index (κ2) is 3.88. The fraction of sp³-hybridized carbons (Fsp3) is 0.429. The summed E-state index contributed by atoms with van der Waals surface area (Å²) in [5.74, 6) is 1.41. The molecule has 0 atom stereocenters. The van der Waals surface area contributed by atoms with Gasteiger partial charge in [0.2, 0.25) is 0 Å². The van der Waals surface area contributed by atoms with Gasteiger partial charge in [0.25, 0.3) is 0 Å². The Bertz CT molecular complexity index is 209. The highest BCUT2D eigenvalue weighted by Gasteiger charge is 1.92. The van der Waals surface area contributed by atoms with E-state index < -0.39 is 0 Å². The van der Waals surface area contributed by atoms with Crippen LogP contribution >= 0.6 is 0 Å². The Labute approximate surface area is 65.4 Å². The van der Waals surface area contributed by atoms with Crippen molar-refractivity contribution in [3.63, 3.8) is 0 Å². The molecule has 0 saturated heterocycles. The van der Waals surface area contributed by atoms with Crippen LogP contribution in [0.4, 0.5) is 0 Å². The van der Waals surface area contributed by atoms with Gasteiger partial charge in [-0.05, 0) is 6.92 Å². The molecule has 0 bridgehead atoms. The average Bonchev–Trinajstić information content (AvgIpc) is 2.04. The van der Waals surface area contributed by atoms with Crippen LogP contribution in [0, 0.1) is 6.92 Å². The SMILES string of the molecule is Cc1ncc(OCCN)cn1. The molecule has 0 amide bonds. The van der Waals surface area contributed by atoms with Gasteiger partial charge in [-0.25, -0.2) is 9.97 Å². The molecule has 4 nitrogen and oxygen atoms in total. The summed E-state index contributed by atoms with van der Waals surface area (Å²) in [4.78, 5) is 7.91. The molecule has 0 aliphatic heterocycles. The maximum absolute atomic E-state index is 5.24. The Hall–Kier alpha value is -1.16. The molecule has 4 heteroatoms. The summed E-state index contributed by atoms with van der Waals surface area (Å²) in [6.07, 6.45) is 3.27. The van der Waals surface area contributed by atoms with Gasteiger partial charge in [-0.3, -0.25) is 0 Å². The van der Waals surface area contributed by atoms with Crippen molar-refractivity contribution < 1.29 is 4.74 Å². The van der Waals surface area contributed by atoms with E-state index in [0.717, 1.165) is 5.82 Å². The molecule has 2 N–H and O–H groups in total. The second-order valence-corrected chi connectivity index (χ2v) is 2.10. The first-order chi connectivity index (χ1) is 5.33. The molecule has 1 rings (SSSR count). The van der Waals surface area contributed by atoms with E-state index in [1.807, 2.05) is 6.92 Å². The summed E-state index contributed by atoms with van der Waals surface area (Å²) < 4.78 is 5.16. The molecule has 1 aromatic heterocycles. The molecule has 0 unspecified atom stereocenters. The van der Waals surface area contributed by atoms with E-state index in [-0.39, 0.29) is 0 Å². The predicted octanol–water partition coefficient (Wildman–Crippen LogP) is 0.123. The molecule has 0 aromatic carbocycles. The number of aryl methyl sites for hydroxylation is 1. The fourth-order valence-electron chi connectivity index (χ4n) is 0.632. The minimum Gasteiger partial charge on any atom is -0.489 e. The van der Waals surface area contributed by atoms with Crippen molar-refractivity contribution in [1.82, 2.24) is 9.97 Å². The van der Waals surface area contributed by atoms with Crippen LogP contribution in [0.2, 0.25) is 0 Å². The monoisotopic (exact) mass is 153 g/mol. The smallest absolute Gasteiger partial charge is 0.155 e. The Morgan fingerprint density at radius 3 is 2.64 bits per heavy atom. The van der Waals surface area contributed by atoms with Crippen LogP contribution in [0.15, 0.2) is 12.4 Å². The van der Waals surface area contributed by atoms with Crippen LogP contribution in [0.25, 0.3) is 0 Å². The van der Waals surface area contributed by atoms with E-state index in [1.165, 1.54) is 0 Å². The van der Waals surface area contributed by atoms with Gasteiger partial charge in [0.15, 0.2) is 5.75 Å². The number of nitrogens with two attached hydrogens (primary N) is 1. The van der Waals surface area contributed by atoms with Crippen LogP contribution in [0.1, 0.15) is 5.82 Å². The van der Waals surface area contributed by atoms with Crippen molar-refractivity contribution in [2.24, 2.45) is 5.73 Å². The summed E-state index contributed by atoms with van der Waals surface area (Å²) >= 11 is 0. The number of hydrogen-bond acceptors (Lipinski definition) is 4. The average molecular weight is 153 g/mol. The molecule has 0 radical (unpaired) electrons. The number of hydrogen-bond donors (Lipinski definition) is 1. The lowest BCUT2D eigenvalue weighted by Crippen LogP contribution is -2.10. The van der Waals surface area contributed by atoms with Crippen molar-refractivity contribution >= 4 is 0 Å². The van der Waals surface area contributed by atoms with Gasteiger partial charge in [-0.15, -0.1) is 0 Å². The summed E-state index contributed by atoms with van der Waals surface area (Å²) in [5, 5.41) is 0. The van der Waals surface area contributed by atoms with Gasteiger partial charge in [0.1, 0.15) is 12.4 Å². The molecule has 0 fully saturated rings. The third kappa shape index (κ3) is 2.51. The Morgan fingerprint density at radius 1 is 1.45 bits per heavy atom. The first kappa shape index (κ1) is 7.94. The quantitative estimate of drug-likeness (QED) is 0.670. The van der Waals surface area contributed by atoms with Crippen molar-refractivity contribution in [3.8, 4) is 5.75 Å². The van der Waals surface area contributed by atoms with Crippen LogP contribution in [-0.4, -0.2) is 23.1 Å². The van der Waals surface area contributed by atoms with E-state index in [1.54, 1.807) is 12.4 Å². The van der Waals surface area contributed by atoms with Crippen molar-refractivity contribution in [3.05, 3.63) is 18.2 Å². The Balaban J connectivity index is 2.52. The molecule has 11 heavy (non-hydrogen) atoms. The highest BCUT2D eigenvalue weighted by molar-refractivity contribution is 5.11. The number of rotatable bonds is 3. The zero-order chi connectivity index (χ0) is 8.10. The third-order valence-corrected chi connectivity index (χ3v) is 1.14. The first-order valence-corrected chi connectivity index (χ1v) is 3.44. The van der Waals surface area contributed by atoms with Crippen LogP contribution in [0.3, 0.4) is 0 Å². The minimum atomic E-state index is 0.506. The molecule has 1 aromatic rings. The highest BCUT2D eigenvalue weighted by Crippen LogP contribution is 2.04. The standard InChI is InChI=1S/C7H11N3O/c1-6-9-4-7(5-10-6)11-3-2-8/h4-5H,2-3,8H2,1H3. The molecule has 1 heterocycles. The van der Waals surface area contributed by atoms with Gasteiger partial charge >= 0.3 is 0 Å². The van der Waals surface area contributed by atoms with Gasteiger partial charge in [-0.1, -0.05) is 0 Å². The largest absolute Gasteiger partial charge is 0.489 e. The second-order valence-electron chi connectivity index (χ2n) is 2.10. The number of aromatic nitrogens is 2. The number of ether oxygens (including phenoxy) is 1. The van der Waals surface area contributed by atoms with E-state index in [9.17, 15) is 0 Å². The lowest BCUT2D eigenvalue weighted by atomic mass is 10.5. The number of nitrogens with zero attached hydrogens (tertiary/aromatic N) is 2. The topological polar surface area (TPSA) is 61.0 Å². The van der Waals surface area contributed by atoms with Gasteiger partial charge < -0.3 is 10.5 Å². The van der Waals surface area contributed by atoms with Crippen LogP contribution in [-0.2, 0) is 0 Å². The Morgan fingerprint density at radius 2 is 2.09 bits per heavy atom. The van der Waals surface area contributed by atoms with E-state index >= 15 is 0 Å². The maximum Gasteiger partial charge on any atom is 0.155 e. The molecule has 0 aliphatic rings. The zero-order valence-corrected chi connectivity index (χ0v) is 6.45. The lowest BCUT2D eigenvalue weighted by Gasteiger charge is -2.01. The van der Waals surface area contributed by atoms with Crippen LogP contribution < -0.4 is 10.5 Å². The molecule has 60 valence electrons. The van der Waals surface area contributed by atoms with Gasteiger partial charge in [-0.2, -0.15) is 0 Å². The van der Waals surface area contributed by atoms with Crippen molar-refractivity contribution in [2.45, 2.75) is 6.92 Å². The molecule has 0 saturated carbocycles.